The Kier molecular flexibility index (Phi) is 5.24. The first-order valence-corrected chi connectivity index (χ1v) is 9.72. The van der Waals surface area contributed by atoms with E-state index < -0.39 is 0 Å². The number of nitrogens with one attached hydrogen (secondary N) is 1. The fourth-order valence-corrected chi connectivity index (χ4v) is 3.88. The zero-order valence-electron chi connectivity index (χ0n) is 14.7. The molecule has 0 bridgehead atoms. The molecule has 0 amide bonds. The Morgan fingerprint density at radius 1 is 1.30 bits per heavy atom. The molecule has 0 radical (unpaired) electrons. The molecule has 1 saturated heterocycles. The highest BCUT2D eigenvalue weighted by molar-refractivity contribution is 9.10. The van der Waals surface area contributed by atoms with Crippen LogP contribution in [0.5, 0.6) is 5.75 Å². The van der Waals surface area contributed by atoms with Gasteiger partial charge in [0.15, 0.2) is 0 Å². The van der Waals surface area contributed by atoms with Crippen molar-refractivity contribution < 1.29 is 10.2 Å². The minimum absolute atomic E-state index is 0.134. The van der Waals surface area contributed by atoms with Crippen LogP contribution in [0.4, 0.5) is 5.95 Å². The van der Waals surface area contributed by atoms with Gasteiger partial charge in [0, 0.05) is 29.2 Å². The van der Waals surface area contributed by atoms with Crippen LogP contribution >= 0.6 is 15.9 Å². The van der Waals surface area contributed by atoms with E-state index in [0.29, 0.717) is 23.8 Å². The van der Waals surface area contributed by atoms with E-state index in [1.54, 1.807) is 24.7 Å². The molecule has 3 aromatic rings. The van der Waals surface area contributed by atoms with E-state index in [9.17, 15) is 5.11 Å². The van der Waals surface area contributed by atoms with E-state index in [2.05, 4.69) is 41.3 Å². The van der Waals surface area contributed by atoms with Crippen molar-refractivity contribution in [2.75, 3.05) is 31.6 Å². The van der Waals surface area contributed by atoms with Gasteiger partial charge in [-0.25, -0.2) is 4.98 Å². The number of aromatic hydroxyl groups is 1. The number of halogens is 1. The second-order valence-corrected chi connectivity index (χ2v) is 7.61. The van der Waals surface area contributed by atoms with Gasteiger partial charge >= 0.3 is 0 Å². The topological polar surface area (TPSA) is 98.8 Å². The first-order valence-electron chi connectivity index (χ1n) is 8.93. The SMILES string of the molecule is OCCN1CCC[C@@H](Nc2nnc(-c3ccc(Br)cc3O)c3cncn23)C1. The zero-order valence-corrected chi connectivity index (χ0v) is 16.3. The summed E-state index contributed by atoms with van der Waals surface area (Å²) < 4.78 is 2.65. The van der Waals surface area contributed by atoms with Gasteiger partial charge in [-0.15, -0.1) is 10.2 Å². The van der Waals surface area contributed by atoms with Crippen LogP contribution in [0.25, 0.3) is 16.8 Å². The normalized spacial score (nSPS) is 18.1. The van der Waals surface area contributed by atoms with Crippen LogP contribution in [0.1, 0.15) is 12.8 Å². The van der Waals surface area contributed by atoms with Crippen LogP contribution in [-0.4, -0.2) is 67.0 Å². The second kappa shape index (κ2) is 7.79. The van der Waals surface area contributed by atoms with Crippen molar-refractivity contribution in [2.45, 2.75) is 18.9 Å². The predicted molar refractivity (Wildman–Crippen MR) is 106 cm³/mol. The van der Waals surface area contributed by atoms with Crippen molar-refractivity contribution in [3.63, 3.8) is 0 Å². The molecule has 1 fully saturated rings. The third-order valence-corrected chi connectivity index (χ3v) is 5.32. The summed E-state index contributed by atoms with van der Waals surface area (Å²) in [6.07, 6.45) is 5.52. The number of nitrogens with zero attached hydrogens (tertiary/aromatic N) is 5. The minimum atomic E-state index is 0.134. The van der Waals surface area contributed by atoms with Crippen LogP contribution in [0.2, 0.25) is 0 Å². The first-order chi connectivity index (χ1) is 13.2. The van der Waals surface area contributed by atoms with Gasteiger partial charge in [-0.1, -0.05) is 15.9 Å². The number of aliphatic hydroxyl groups is 1. The number of piperidine rings is 1. The molecule has 1 aliphatic heterocycles. The summed E-state index contributed by atoms with van der Waals surface area (Å²) in [6, 6.07) is 5.52. The van der Waals surface area contributed by atoms with E-state index >= 15 is 0 Å². The predicted octanol–water partition coefficient (Wildman–Crippen LogP) is 2.13. The summed E-state index contributed by atoms with van der Waals surface area (Å²) in [6.45, 7) is 2.72. The van der Waals surface area contributed by atoms with Crippen LogP contribution in [-0.2, 0) is 0 Å². The number of anilines is 1. The number of phenols is 1. The van der Waals surface area contributed by atoms with Crippen LogP contribution < -0.4 is 5.32 Å². The maximum Gasteiger partial charge on any atom is 0.229 e. The van der Waals surface area contributed by atoms with Gasteiger partial charge in [-0.05, 0) is 37.6 Å². The Morgan fingerprint density at radius 2 is 2.19 bits per heavy atom. The average Bonchev–Trinajstić information content (AvgIpc) is 3.14. The number of imidazole rings is 1. The third-order valence-electron chi connectivity index (χ3n) is 4.82. The zero-order chi connectivity index (χ0) is 18.8. The number of likely N-dealkylation sites (tertiary alicyclic amines) is 1. The lowest BCUT2D eigenvalue weighted by Crippen LogP contribution is -2.43. The molecule has 3 heterocycles. The Balaban J connectivity index is 1.63. The summed E-state index contributed by atoms with van der Waals surface area (Å²) in [7, 11) is 0. The van der Waals surface area contributed by atoms with Gasteiger partial charge in [0.2, 0.25) is 5.95 Å². The van der Waals surface area contributed by atoms with Crippen molar-refractivity contribution in [2.24, 2.45) is 0 Å². The fraction of sp³-hybridized carbons (Fsp3) is 0.389. The van der Waals surface area contributed by atoms with Gasteiger partial charge < -0.3 is 15.5 Å². The van der Waals surface area contributed by atoms with E-state index in [-0.39, 0.29) is 18.4 Å². The second-order valence-electron chi connectivity index (χ2n) is 6.69. The van der Waals surface area contributed by atoms with Crippen molar-refractivity contribution in [1.29, 1.82) is 0 Å². The smallest absolute Gasteiger partial charge is 0.229 e. The molecule has 8 nitrogen and oxygen atoms in total. The fourth-order valence-electron chi connectivity index (χ4n) is 3.53. The summed E-state index contributed by atoms with van der Waals surface area (Å²) in [4.78, 5) is 6.49. The lowest BCUT2D eigenvalue weighted by atomic mass is 10.1. The first kappa shape index (κ1) is 18.1. The highest BCUT2D eigenvalue weighted by Gasteiger charge is 2.21. The van der Waals surface area contributed by atoms with E-state index in [0.717, 1.165) is 35.9 Å². The molecule has 142 valence electrons. The van der Waals surface area contributed by atoms with Gasteiger partial charge in [-0.3, -0.25) is 9.30 Å². The van der Waals surface area contributed by atoms with E-state index in [1.807, 2.05) is 10.5 Å². The molecule has 1 aliphatic rings. The highest BCUT2D eigenvalue weighted by Crippen LogP contribution is 2.33. The van der Waals surface area contributed by atoms with Gasteiger partial charge in [0.05, 0.1) is 18.3 Å². The van der Waals surface area contributed by atoms with Crippen LogP contribution in [0, 0.1) is 0 Å². The summed E-state index contributed by atoms with van der Waals surface area (Å²) >= 11 is 3.35. The van der Waals surface area contributed by atoms with Crippen molar-refractivity contribution in [3.05, 3.63) is 35.2 Å². The lowest BCUT2D eigenvalue weighted by Gasteiger charge is -2.32. The Bertz CT molecular complexity index is 945. The molecule has 1 atom stereocenters. The summed E-state index contributed by atoms with van der Waals surface area (Å²) in [5.41, 5.74) is 1.95. The molecule has 1 aromatic carbocycles. The Labute approximate surface area is 165 Å². The highest BCUT2D eigenvalue weighted by atomic mass is 79.9. The van der Waals surface area contributed by atoms with E-state index in [1.165, 1.54) is 0 Å². The third kappa shape index (κ3) is 3.76. The number of hydrogen-bond acceptors (Lipinski definition) is 7. The Hall–Kier alpha value is -2.23. The maximum atomic E-state index is 10.3. The molecule has 2 aromatic heterocycles. The molecule has 0 saturated carbocycles. The lowest BCUT2D eigenvalue weighted by molar-refractivity contribution is 0.166. The molecule has 9 heteroatoms. The van der Waals surface area contributed by atoms with Gasteiger partial charge in [0.1, 0.15) is 17.8 Å². The van der Waals surface area contributed by atoms with Crippen molar-refractivity contribution >= 4 is 27.4 Å². The molecule has 27 heavy (non-hydrogen) atoms. The number of aromatic nitrogens is 4. The van der Waals surface area contributed by atoms with Crippen molar-refractivity contribution in [1.82, 2.24) is 24.5 Å². The van der Waals surface area contributed by atoms with Crippen LogP contribution in [0.15, 0.2) is 35.2 Å². The largest absolute Gasteiger partial charge is 0.507 e. The van der Waals surface area contributed by atoms with Gasteiger partial charge in [0.25, 0.3) is 0 Å². The summed E-state index contributed by atoms with van der Waals surface area (Å²) in [5.74, 6) is 0.758. The molecular weight excluding hydrogens is 412 g/mol. The van der Waals surface area contributed by atoms with Crippen LogP contribution in [0.3, 0.4) is 0 Å². The number of fused-ring (bicyclic) bond motifs is 1. The molecular formula is C18H21BrN6O2. The monoisotopic (exact) mass is 432 g/mol. The van der Waals surface area contributed by atoms with E-state index in [4.69, 9.17) is 5.11 Å². The quantitative estimate of drug-likeness (QED) is 0.567. The number of phenolic OH excluding ortho intramolecular Hbond substituents is 1. The minimum Gasteiger partial charge on any atom is -0.507 e. The molecule has 0 aliphatic carbocycles. The molecule has 4 rings (SSSR count). The maximum absolute atomic E-state index is 10.3. The number of rotatable bonds is 5. The number of benzene rings is 1. The Morgan fingerprint density at radius 3 is 3.00 bits per heavy atom. The standard InChI is InChI=1S/C18H21BrN6O2/c19-12-3-4-14(16(27)8-12)17-15-9-20-11-25(15)18(23-22-17)21-13-2-1-5-24(10-13)6-7-26/h3-4,8-9,11,13,26-27H,1-2,5-7,10H2,(H,21,23)/t13-/m1/s1. The number of hydrogen-bond donors (Lipinski definition) is 3. The summed E-state index contributed by atoms with van der Waals surface area (Å²) in [5, 5.41) is 31.6. The average molecular weight is 433 g/mol. The van der Waals surface area contributed by atoms with Crippen molar-refractivity contribution in [3.8, 4) is 17.0 Å². The molecule has 3 N–H and O–H groups in total. The molecule has 0 unspecified atom stereocenters. The molecule has 0 spiro atoms. The number of aliphatic hydroxyl groups excluding tert-OH is 1. The number of β-amino-alcohol motifs (C(OH)–C–C–N with tert-alkyl or cyclic N) is 1. The van der Waals surface area contributed by atoms with Gasteiger partial charge in [-0.2, -0.15) is 0 Å².